The SMILES string of the molecule is CO[C@@H]1/C=C/c2cc3cc(ccc3cn2)[C@@H](C)OC(=O)[C@]2(C)CCCN(N2)C(=O)C(C)NC(=O)C(C(C)C)NC(=O)[C@@H]1C. The molecule has 43 heavy (non-hydrogen) atoms. The van der Waals surface area contributed by atoms with Crippen LogP contribution in [0.2, 0.25) is 0 Å². The van der Waals surface area contributed by atoms with Crippen molar-refractivity contribution in [2.45, 2.75) is 84.2 Å². The number of rotatable bonds is 2. The molecular formula is C32H43N5O6. The fraction of sp³-hybridized carbons (Fsp3) is 0.531. The maximum Gasteiger partial charge on any atom is 0.328 e. The largest absolute Gasteiger partial charge is 0.456 e. The summed E-state index contributed by atoms with van der Waals surface area (Å²) in [4.78, 5) is 57.9. The second-order valence-corrected chi connectivity index (χ2v) is 12.1. The minimum absolute atomic E-state index is 0.250. The first-order chi connectivity index (χ1) is 20.3. The number of methoxy groups -OCH3 is 1. The van der Waals surface area contributed by atoms with Crippen molar-refractivity contribution in [2.24, 2.45) is 11.8 Å². The zero-order valence-electron chi connectivity index (χ0n) is 26.0. The molecular weight excluding hydrogens is 550 g/mol. The molecule has 1 aromatic heterocycles. The number of cyclic esters (lactones) is 1. The van der Waals surface area contributed by atoms with Gasteiger partial charge in [0, 0.05) is 25.2 Å². The van der Waals surface area contributed by atoms with Crippen molar-refractivity contribution in [3.63, 3.8) is 0 Å². The number of nitrogens with one attached hydrogen (secondary N) is 3. The Morgan fingerprint density at radius 2 is 1.79 bits per heavy atom. The van der Waals surface area contributed by atoms with E-state index in [0.29, 0.717) is 25.1 Å². The molecule has 11 nitrogen and oxygen atoms in total. The van der Waals surface area contributed by atoms with Gasteiger partial charge in [-0.15, -0.1) is 0 Å². The summed E-state index contributed by atoms with van der Waals surface area (Å²) in [5.41, 5.74) is 3.41. The van der Waals surface area contributed by atoms with E-state index in [2.05, 4.69) is 21.0 Å². The third kappa shape index (κ3) is 7.22. The average molecular weight is 594 g/mol. The number of hydrogen-bond acceptors (Lipinski definition) is 8. The number of aromatic nitrogens is 1. The van der Waals surface area contributed by atoms with Crippen LogP contribution in [0.25, 0.3) is 16.8 Å². The van der Waals surface area contributed by atoms with Gasteiger partial charge in [-0.25, -0.2) is 10.2 Å². The Balaban J connectivity index is 1.71. The Hall–Kier alpha value is -3.83. The van der Waals surface area contributed by atoms with Crippen molar-refractivity contribution in [2.75, 3.05) is 13.7 Å². The van der Waals surface area contributed by atoms with E-state index in [0.717, 1.165) is 16.3 Å². The summed E-state index contributed by atoms with van der Waals surface area (Å²) in [5.74, 6) is -2.58. The second-order valence-electron chi connectivity index (χ2n) is 12.1. The summed E-state index contributed by atoms with van der Waals surface area (Å²) >= 11 is 0. The predicted octanol–water partition coefficient (Wildman–Crippen LogP) is 3.05. The van der Waals surface area contributed by atoms with Crippen LogP contribution in [0.3, 0.4) is 0 Å². The molecule has 5 bridgehead atoms. The molecule has 1 fully saturated rings. The number of amides is 3. The fourth-order valence-corrected chi connectivity index (χ4v) is 5.40. The van der Waals surface area contributed by atoms with Crippen molar-refractivity contribution in [1.29, 1.82) is 0 Å². The normalized spacial score (nSPS) is 30.4. The zero-order valence-corrected chi connectivity index (χ0v) is 26.0. The molecule has 0 spiro atoms. The number of carbonyl (C=O) groups is 4. The Kier molecular flexibility index (Phi) is 9.86. The maximum atomic E-state index is 13.4. The minimum Gasteiger partial charge on any atom is -0.456 e. The van der Waals surface area contributed by atoms with E-state index < -0.39 is 53.5 Å². The lowest BCUT2D eigenvalue weighted by molar-refractivity contribution is -0.164. The monoisotopic (exact) mass is 593 g/mol. The van der Waals surface area contributed by atoms with E-state index >= 15 is 0 Å². The topological polar surface area (TPSA) is 139 Å². The number of esters is 1. The van der Waals surface area contributed by atoms with Gasteiger partial charge in [-0.2, -0.15) is 0 Å². The number of ether oxygens (including phenoxy) is 2. The van der Waals surface area contributed by atoms with Crippen LogP contribution < -0.4 is 16.1 Å². The Morgan fingerprint density at radius 3 is 2.49 bits per heavy atom. The van der Waals surface area contributed by atoms with Crippen LogP contribution in [0.4, 0.5) is 0 Å². The van der Waals surface area contributed by atoms with E-state index in [9.17, 15) is 19.2 Å². The summed E-state index contributed by atoms with van der Waals surface area (Å²) in [7, 11) is 1.52. The van der Waals surface area contributed by atoms with Crippen LogP contribution in [0.15, 0.2) is 36.5 Å². The quantitative estimate of drug-likeness (QED) is 0.452. The van der Waals surface area contributed by atoms with Gasteiger partial charge in [0.15, 0.2) is 0 Å². The van der Waals surface area contributed by atoms with Gasteiger partial charge in [-0.3, -0.25) is 24.4 Å². The molecule has 2 aromatic rings. The van der Waals surface area contributed by atoms with Crippen molar-refractivity contribution in [1.82, 2.24) is 26.1 Å². The van der Waals surface area contributed by atoms with Gasteiger partial charge in [0.05, 0.1) is 17.7 Å². The molecule has 2 aliphatic rings. The molecule has 6 atom stereocenters. The summed E-state index contributed by atoms with van der Waals surface area (Å²) < 4.78 is 11.5. The molecule has 4 rings (SSSR count). The Bertz CT molecular complexity index is 1410. The van der Waals surface area contributed by atoms with Crippen molar-refractivity contribution < 1.29 is 28.7 Å². The van der Waals surface area contributed by atoms with Crippen LogP contribution in [0.1, 0.15) is 71.7 Å². The molecule has 3 heterocycles. The Morgan fingerprint density at radius 1 is 1.05 bits per heavy atom. The summed E-state index contributed by atoms with van der Waals surface area (Å²) in [6.07, 6.45) is 5.24. The van der Waals surface area contributed by atoms with E-state index in [1.54, 1.807) is 39.1 Å². The van der Waals surface area contributed by atoms with E-state index in [4.69, 9.17) is 9.47 Å². The van der Waals surface area contributed by atoms with E-state index in [1.165, 1.54) is 12.1 Å². The molecule has 2 aliphatic heterocycles. The van der Waals surface area contributed by atoms with Gasteiger partial charge in [0.25, 0.3) is 5.91 Å². The number of hydrogen-bond donors (Lipinski definition) is 3. The standard InChI is InChI=1S/C32H43N5O6/c1-18(2)27-29(39)34-20(4)30(40)37-14-8-13-32(6,36-37)31(41)43-21(5)22-9-10-23-17-33-25(16-24(23)15-22)11-12-26(42-7)19(3)28(38)35-27/h9-12,15-21,26-27,36H,8,13-14H2,1-7H3,(H,34,39)(H,35,38)/b12-11+/t19-,20?,21-,26-,27?,32+/m1/s1. The van der Waals surface area contributed by atoms with Crippen molar-refractivity contribution in [3.05, 3.63) is 47.8 Å². The highest BCUT2D eigenvalue weighted by Crippen LogP contribution is 2.27. The molecule has 0 saturated carbocycles. The molecule has 2 unspecified atom stereocenters. The highest BCUT2D eigenvalue weighted by Gasteiger charge is 2.42. The zero-order chi connectivity index (χ0) is 31.5. The molecule has 1 saturated heterocycles. The smallest absolute Gasteiger partial charge is 0.328 e. The second kappa shape index (κ2) is 13.2. The number of carbonyl (C=O) groups excluding carboxylic acids is 4. The first kappa shape index (κ1) is 32.1. The van der Waals surface area contributed by atoms with Gasteiger partial charge in [0.1, 0.15) is 23.7 Å². The number of hydrazine groups is 1. The minimum atomic E-state index is -1.13. The number of pyridine rings is 1. The van der Waals surface area contributed by atoms with Gasteiger partial charge < -0.3 is 20.1 Å². The average Bonchev–Trinajstić information content (AvgIpc) is 2.98. The molecule has 0 radical (unpaired) electrons. The number of fused-ring (bicyclic) bond motifs is 4. The predicted molar refractivity (Wildman–Crippen MR) is 162 cm³/mol. The molecule has 1 aromatic carbocycles. The third-order valence-corrected chi connectivity index (χ3v) is 8.29. The fourth-order valence-electron chi connectivity index (χ4n) is 5.40. The highest BCUT2D eigenvalue weighted by molar-refractivity contribution is 5.93. The molecule has 11 heteroatoms. The van der Waals surface area contributed by atoms with Gasteiger partial charge >= 0.3 is 5.97 Å². The summed E-state index contributed by atoms with van der Waals surface area (Å²) in [6.45, 7) is 10.8. The van der Waals surface area contributed by atoms with Crippen LogP contribution in [0, 0.1) is 11.8 Å². The first-order valence-corrected chi connectivity index (χ1v) is 14.8. The van der Waals surface area contributed by atoms with Crippen LogP contribution in [0.5, 0.6) is 0 Å². The van der Waals surface area contributed by atoms with Gasteiger partial charge in [0.2, 0.25) is 11.8 Å². The van der Waals surface area contributed by atoms with E-state index in [1.807, 2.05) is 45.0 Å². The molecule has 0 aliphatic carbocycles. The molecule has 3 amide bonds. The maximum absolute atomic E-state index is 13.4. The summed E-state index contributed by atoms with van der Waals surface area (Å²) in [6, 6.07) is 5.93. The lowest BCUT2D eigenvalue weighted by atomic mass is 9.94. The van der Waals surface area contributed by atoms with Crippen molar-refractivity contribution >= 4 is 40.5 Å². The lowest BCUT2D eigenvalue weighted by Crippen LogP contribution is -2.65. The molecule has 232 valence electrons. The van der Waals surface area contributed by atoms with Crippen LogP contribution in [-0.4, -0.2) is 71.1 Å². The van der Waals surface area contributed by atoms with Crippen molar-refractivity contribution in [3.8, 4) is 0 Å². The summed E-state index contributed by atoms with van der Waals surface area (Å²) in [5, 5.41) is 8.80. The van der Waals surface area contributed by atoms with Gasteiger partial charge in [-0.05, 0) is 68.7 Å². The highest BCUT2D eigenvalue weighted by atomic mass is 16.5. The van der Waals surface area contributed by atoms with Gasteiger partial charge in [-0.1, -0.05) is 39.0 Å². The first-order valence-electron chi connectivity index (χ1n) is 14.8. The number of nitrogens with zero attached hydrogens (tertiary/aromatic N) is 2. The molecule has 3 N–H and O–H groups in total. The van der Waals surface area contributed by atoms with Crippen LogP contribution >= 0.6 is 0 Å². The Labute approximate surface area is 252 Å². The van der Waals surface area contributed by atoms with E-state index in [-0.39, 0.29) is 11.8 Å². The number of benzene rings is 1. The van der Waals surface area contributed by atoms with Crippen LogP contribution in [-0.2, 0) is 28.7 Å². The third-order valence-electron chi connectivity index (χ3n) is 8.29. The lowest BCUT2D eigenvalue weighted by Gasteiger charge is -2.41.